The summed E-state index contributed by atoms with van der Waals surface area (Å²) in [7, 11) is -3.79. The van der Waals surface area contributed by atoms with Crippen LogP contribution in [-0.2, 0) is 10.0 Å². The van der Waals surface area contributed by atoms with Gasteiger partial charge in [-0.3, -0.25) is 4.72 Å². The van der Waals surface area contributed by atoms with Crippen LogP contribution < -0.4 is 14.9 Å². The minimum atomic E-state index is -3.79. The maximum absolute atomic E-state index is 13.2. The lowest BCUT2D eigenvalue weighted by molar-refractivity contribution is 0.590. The lowest BCUT2D eigenvalue weighted by atomic mass is 10.1. The number of nitrogens with zero attached hydrogens (tertiary/aromatic N) is 1. The first kappa shape index (κ1) is 21.7. The number of halogens is 2. The van der Waals surface area contributed by atoms with E-state index in [2.05, 4.69) is 14.9 Å². The Kier molecular flexibility index (Phi) is 6.58. The number of nitrogens with one attached hydrogen (secondary N) is 2. The fraction of sp³-hybridized carbons (Fsp3) is 0.238. The molecule has 3 aromatic rings. The van der Waals surface area contributed by atoms with Crippen LogP contribution >= 0.6 is 24.0 Å². The minimum absolute atomic E-state index is 0. The molecule has 0 bridgehead atoms. The topological polar surface area (TPSA) is 61.4 Å². The van der Waals surface area contributed by atoms with Gasteiger partial charge in [0, 0.05) is 42.6 Å². The standard InChI is InChI=1S/C21H22ClN3O2S.ClH/c1-15-6-7-18(22)19(14-15)24-28(26,27)21-9-8-20(25-12-10-23-11-13-25)16-4-2-3-5-17(16)21;/h2-9,14,23-24H,10-13H2,1H3;1H. The normalized spacial score (nSPS) is 14.5. The summed E-state index contributed by atoms with van der Waals surface area (Å²) in [6.07, 6.45) is 0. The molecule has 0 unspecified atom stereocenters. The molecule has 1 aliphatic rings. The zero-order chi connectivity index (χ0) is 19.7. The van der Waals surface area contributed by atoms with Gasteiger partial charge in [0.1, 0.15) is 0 Å². The number of rotatable bonds is 4. The smallest absolute Gasteiger partial charge is 0.262 e. The van der Waals surface area contributed by atoms with Gasteiger partial charge < -0.3 is 10.2 Å². The maximum Gasteiger partial charge on any atom is 0.262 e. The summed E-state index contributed by atoms with van der Waals surface area (Å²) in [5, 5.41) is 5.35. The third-order valence-corrected chi connectivity index (χ3v) is 6.73. The molecule has 0 atom stereocenters. The average molecular weight is 452 g/mol. The van der Waals surface area contributed by atoms with E-state index in [1.165, 1.54) is 0 Å². The van der Waals surface area contributed by atoms with Gasteiger partial charge in [-0.2, -0.15) is 0 Å². The SMILES string of the molecule is Cc1ccc(Cl)c(NS(=O)(=O)c2ccc(N3CCNCC3)c3ccccc23)c1.Cl. The summed E-state index contributed by atoms with van der Waals surface area (Å²) in [5.74, 6) is 0. The molecule has 29 heavy (non-hydrogen) atoms. The van der Waals surface area contributed by atoms with Crippen molar-refractivity contribution < 1.29 is 8.42 Å². The van der Waals surface area contributed by atoms with Crippen LogP contribution in [0.4, 0.5) is 11.4 Å². The third kappa shape index (κ3) is 4.46. The first-order valence-corrected chi connectivity index (χ1v) is 11.1. The van der Waals surface area contributed by atoms with Crippen molar-refractivity contribution in [1.82, 2.24) is 5.32 Å². The number of hydrogen-bond donors (Lipinski definition) is 2. The maximum atomic E-state index is 13.2. The molecule has 0 amide bonds. The second-order valence-electron chi connectivity index (χ2n) is 6.95. The van der Waals surface area contributed by atoms with Gasteiger partial charge in [0.25, 0.3) is 10.0 Å². The van der Waals surface area contributed by atoms with Crippen LogP contribution in [0.15, 0.2) is 59.5 Å². The molecule has 5 nitrogen and oxygen atoms in total. The van der Waals surface area contributed by atoms with Gasteiger partial charge in [-0.1, -0.05) is 41.9 Å². The number of anilines is 2. The summed E-state index contributed by atoms with van der Waals surface area (Å²) in [4.78, 5) is 2.54. The molecule has 3 aromatic carbocycles. The first-order valence-electron chi connectivity index (χ1n) is 9.22. The molecular formula is C21H23Cl2N3O2S. The monoisotopic (exact) mass is 451 g/mol. The van der Waals surface area contributed by atoms with Gasteiger partial charge >= 0.3 is 0 Å². The Hall–Kier alpha value is -1.99. The molecule has 8 heteroatoms. The van der Waals surface area contributed by atoms with E-state index in [0.29, 0.717) is 16.1 Å². The van der Waals surface area contributed by atoms with Gasteiger partial charge in [0.2, 0.25) is 0 Å². The van der Waals surface area contributed by atoms with Crippen molar-refractivity contribution in [2.75, 3.05) is 35.8 Å². The largest absolute Gasteiger partial charge is 0.368 e. The van der Waals surface area contributed by atoms with Crippen LogP contribution in [-0.4, -0.2) is 34.6 Å². The highest BCUT2D eigenvalue weighted by molar-refractivity contribution is 7.93. The molecule has 1 heterocycles. The van der Waals surface area contributed by atoms with E-state index in [9.17, 15) is 8.42 Å². The van der Waals surface area contributed by atoms with E-state index >= 15 is 0 Å². The summed E-state index contributed by atoms with van der Waals surface area (Å²) in [6, 6.07) is 16.5. The van der Waals surface area contributed by atoms with Gasteiger partial charge in [-0.15, -0.1) is 12.4 Å². The second-order valence-corrected chi connectivity index (χ2v) is 9.01. The highest BCUT2D eigenvalue weighted by atomic mass is 35.5. The zero-order valence-electron chi connectivity index (χ0n) is 16.0. The molecule has 0 aromatic heterocycles. The first-order chi connectivity index (χ1) is 13.5. The number of aryl methyl sites for hydroxylation is 1. The fourth-order valence-electron chi connectivity index (χ4n) is 3.59. The molecule has 0 spiro atoms. The minimum Gasteiger partial charge on any atom is -0.368 e. The van der Waals surface area contributed by atoms with E-state index in [4.69, 9.17) is 11.6 Å². The van der Waals surface area contributed by atoms with Crippen molar-refractivity contribution in [3.63, 3.8) is 0 Å². The molecule has 0 saturated carbocycles. The van der Waals surface area contributed by atoms with Crippen LogP contribution in [0.2, 0.25) is 5.02 Å². The molecule has 1 aliphatic heterocycles. The summed E-state index contributed by atoms with van der Waals surface area (Å²) in [5.41, 5.74) is 2.38. The van der Waals surface area contributed by atoms with Crippen LogP contribution in [0.3, 0.4) is 0 Å². The lowest BCUT2D eigenvalue weighted by Crippen LogP contribution is -2.43. The molecule has 2 N–H and O–H groups in total. The Morgan fingerprint density at radius 3 is 2.41 bits per heavy atom. The van der Waals surface area contributed by atoms with Crippen LogP contribution in [0.1, 0.15) is 5.56 Å². The van der Waals surface area contributed by atoms with Crippen molar-refractivity contribution in [1.29, 1.82) is 0 Å². The van der Waals surface area contributed by atoms with Crippen molar-refractivity contribution in [3.8, 4) is 0 Å². The van der Waals surface area contributed by atoms with Gasteiger partial charge in [0.05, 0.1) is 15.6 Å². The Bertz CT molecular complexity index is 1130. The average Bonchev–Trinajstić information content (AvgIpc) is 2.70. The van der Waals surface area contributed by atoms with Crippen molar-refractivity contribution >= 4 is 56.2 Å². The van der Waals surface area contributed by atoms with Crippen LogP contribution in [0, 0.1) is 6.92 Å². The molecule has 1 fully saturated rings. The highest BCUT2D eigenvalue weighted by Gasteiger charge is 2.22. The predicted octanol–water partition coefficient (Wildman–Crippen LogP) is 4.43. The van der Waals surface area contributed by atoms with Crippen LogP contribution in [0.25, 0.3) is 10.8 Å². The third-order valence-electron chi connectivity index (χ3n) is 4.97. The van der Waals surface area contributed by atoms with E-state index in [1.807, 2.05) is 43.3 Å². The Balaban J connectivity index is 0.00000240. The quantitative estimate of drug-likeness (QED) is 0.615. The number of sulfonamides is 1. The fourth-order valence-corrected chi connectivity index (χ4v) is 5.09. The van der Waals surface area contributed by atoms with Gasteiger partial charge in [-0.25, -0.2) is 8.42 Å². The number of fused-ring (bicyclic) bond motifs is 1. The molecule has 0 aliphatic carbocycles. The van der Waals surface area contributed by atoms with Crippen LogP contribution in [0.5, 0.6) is 0 Å². The Morgan fingerprint density at radius 2 is 1.69 bits per heavy atom. The van der Waals surface area contributed by atoms with Crippen molar-refractivity contribution in [2.24, 2.45) is 0 Å². The van der Waals surface area contributed by atoms with Gasteiger partial charge in [0.15, 0.2) is 0 Å². The summed E-state index contributed by atoms with van der Waals surface area (Å²) < 4.78 is 29.0. The van der Waals surface area contributed by atoms with E-state index in [1.54, 1.807) is 18.2 Å². The molecule has 4 rings (SSSR count). The number of piperazine rings is 1. The summed E-state index contributed by atoms with van der Waals surface area (Å²) >= 11 is 6.20. The number of hydrogen-bond acceptors (Lipinski definition) is 4. The summed E-state index contributed by atoms with van der Waals surface area (Å²) in [6.45, 7) is 5.52. The number of benzene rings is 3. The van der Waals surface area contributed by atoms with Crippen molar-refractivity contribution in [3.05, 3.63) is 65.2 Å². The second kappa shape index (κ2) is 8.79. The van der Waals surface area contributed by atoms with E-state index < -0.39 is 10.0 Å². The molecular weight excluding hydrogens is 429 g/mol. The molecule has 154 valence electrons. The molecule has 0 radical (unpaired) electrons. The Morgan fingerprint density at radius 1 is 1.00 bits per heavy atom. The van der Waals surface area contributed by atoms with E-state index in [-0.39, 0.29) is 17.3 Å². The Labute approximate surface area is 182 Å². The zero-order valence-corrected chi connectivity index (χ0v) is 18.4. The predicted molar refractivity (Wildman–Crippen MR) is 123 cm³/mol. The highest BCUT2D eigenvalue weighted by Crippen LogP contribution is 2.34. The van der Waals surface area contributed by atoms with Gasteiger partial charge in [-0.05, 0) is 36.8 Å². The van der Waals surface area contributed by atoms with Crippen molar-refractivity contribution in [2.45, 2.75) is 11.8 Å². The molecule has 1 saturated heterocycles. The van der Waals surface area contributed by atoms with E-state index in [0.717, 1.165) is 42.8 Å². The lowest BCUT2D eigenvalue weighted by Gasteiger charge is -2.30.